The van der Waals surface area contributed by atoms with Gasteiger partial charge < -0.3 is 14.8 Å². The van der Waals surface area contributed by atoms with Gasteiger partial charge in [-0.25, -0.2) is 13.6 Å². The summed E-state index contributed by atoms with van der Waals surface area (Å²) in [4.78, 5) is 11.7. The Bertz CT molecular complexity index is 618. The first-order valence-electron chi connectivity index (χ1n) is 8.51. The summed E-state index contributed by atoms with van der Waals surface area (Å²) >= 11 is 0. The first kappa shape index (κ1) is 19.5. The van der Waals surface area contributed by atoms with Crippen LogP contribution >= 0.6 is 0 Å². The van der Waals surface area contributed by atoms with Crippen LogP contribution in [0.3, 0.4) is 0 Å². The zero-order valence-corrected chi connectivity index (χ0v) is 15.7. The fourth-order valence-electron chi connectivity index (χ4n) is 2.78. The van der Waals surface area contributed by atoms with E-state index in [0.717, 1.165) is 0 Å². The van der Waals surface area contributed by atoms with Crippen molar-refractivity contribution >= 4 is 6.09 Å². The van der Waals surface area contributed by atoms with Gasteiger partial charge in [0.05, 0.1) is 0 Å². The number of ether oxygens (including phenoxy) is 2. The zero-order chi connectivity index (χ0) is 19.0. The van der Waals surface area contributed by atoms with Gasteiger partial charge in [0.2, 0.25) is 0 Å². The van der Waals surface area contributed by atoms with E-state index in [2.05, 4.69) is 5.32 Å². The summed E-state index contributed by atoms with van der Waals surface area (Å²) < 4.78 is 39.2. The van der Waals surface area contributed by atoms with E-state index < -0.39 is 28.7 Å². The van der Waals surface area contributed by atoms with Crippen LogP contribution in [-0.4, -0.2) is 23.8 Å². The highest BCUT2D eigenvalue weighted by atomic mass is 19.1. The maximum atomic E-state index is 14.2. The molecule has 25 heavy (non-hydrogen) atoms. The molecule has 0 unspecified atom stereocenters. The molecule has 1 aliphatic carbocycles. The van der Waals surface area contributed by atoms with E-state index in [9.17, 15) is 13.6 Å². The average molecular weight is 355 g/mol. The van der Waals surface area contributed by atoms with E-state index in [1.165, 1.54) is 12.1 Å². The number of rotatable bonds is 3. The highest BCUT2D eigenvalue weighted by molar-refractivity contribution is 5.68. The van der Waals surface area contributed by atoms with Crippen LogP contribution in [0.5, 0.6) is 5.75 Å². The molecule has 1 amide bonds. The lowest BCUT2D eigenvalue weighted by molar-refractivity contribution is 0.0362. The predicted molar refractivity (Wildman–Crippen MR) is 91.9 cm³/mol. The van der Waals surface area contributed by atoms with Gasteiger partial charge in [-0.2, -0.15) is 0 Å². The lowest BCUT2D eigenvalue weighted by atomic mass is 9.86. The number of alkyl carbamates (subject to hydrolysis) is 1. The predicted octanol–water partition coefficient (Wildman–Crippen LogP) is 4.70. The minimum absolute atomic E-state index is 0.0524. The van der Waals surface area contributed by atoms with E-state index in [-0.39, 0.29) is 23.5 Å². The maximum absolute atomic E-state index is 14.2. The normalized spacial score (nSPS) is 20.6. The van der Waals surface area contributed by atoms with E-state index >= 15 is 0 Å². The third kappa shape index (κ3) is 5.31. The van der Waals surface area contributed by atoms with Crippen molar-refractivity contribution in [3.05, 3.63) is 29.3 Å². The van der Waals surface area contributed by atoms with Crippen LogP contribution in [0.15, 0.2) is 12.1 Å². The quantitative estimate of drug-likeness (QED) is 0.855. The van der Waals surface area contributed by atoms with Gasteiger partial charge in [-0.05, 0) is 26.2 Å². The number of hydrogen-bond acceptors (Lipinski definition) is 3. The second-order valence-corrected chi connectivity index (χ2v) is 8.57. The standard InChI is InChI=1S/C19H27F2NO3/c1-18(2,3)16-14(20)9-13(10-15(16)21)24-12-7-11(8-12)22-17(23)25-19(4,5)6/h9-12H,7-8H2,1-6H3,(H,22,23). The molecular weight excluding hydrogens is 328 g/mol. The molecule has 0 spiro atoms. The molecule has 0 aliphatic heterocycles. The van der Waals surface area contributed by atoms with E-state index in [4.69, 9.17) is 9.47 Å². The Balaban J connectivity index is 1.89. The molecule has 0 atom stereocenters. The molecule has 1 aliphatic rings. The molecule has 0 saturated heterocycles. The zero-order valence-electron chi connectivity index (χ0n) is 15.7. The molecule has 1 saturated carbocycles. The molecule has 0 bridgehead atoms. The Morgan fingerprint density at radius 1 is 1.08 bits per heavy atom. The smallest absolute Gasteiger partial charge is 0.407 e. The van der Waals surface area contributed by atoms with Crippen molar-refractivity contribution < 1.29 is 23.0 Å². The first-order valence-corrected chi connectivity index (χ1v) is 8.51. The van der Waals surface area contributed by atoms with Crippen LogP contribution in [0.4, 0.5) is 13.6 Å². The number of carbonyl (C=O) groups excluding carboxylic acids is 1. The Morgan fingerprint density at radius 2 is 1.60 bits per heavy atom. The fourth-order valence-corrected chi connectivity index (χ4v) is 2.78. The summed E-state index contributed by atoms with van der Waals surface area (Å²) in [6, 6.07) is 2.39. The van der Waals surface area contributed by atoms with Gasteiger partial charge in [0.1, 0.15) is 29.1 Å². The van der Waals surface area contributed by atoms with Crippen molar-refractivity contribution in [3.8, 4) is 5.75 Å². The lowest BCUT2D eigenvalue weighted by Crippen LogP contribution is -2.50. The summed E-state index contributed by atoms with van der Waals surface area (Å²) in [7, 11) is 0. The lowest BCUT2D eigenvalue weighted by Gasteiger charge is -2.36. The Morgan fingerprint density at radius 3 is 2.04 bits per heavy atom. The Labute approximate surface area is 147 Å². The van der Waals surface area contributed by atoms with Crippen molar-refractivity contribution in [2.45, 2.75) is 77.5 Å². The van der Waals surface area contributed by atoms with Crippen molar-refractivity contribution in [1.82, 2.24) is 5.32 Å². The number of carbonyl (C=O) groups is 1. The fraction of sp³-hybridized carbons (Fsp3) is 0.632. The van der Waals surface area contributed by atoms with Crippen LogP contribution in [0.1, 0.15) is 59.9 Å². The highest BCUT2D eigenvalue weighted by Gasteiger charge is 2.34. The minimum atomic E-state index is -0.619. The van der Waals surface area contributed by atoms with E-state index in [0.29, 0.717) is 12.8 Å². The number of amides is 1. The number of hydrogen-bond donors (Lipinski definition) is 1. The van der Waals surface area contributed by atoms with Crippen LogP contribution in [0.25, 0.3) is 0 Å². The molecule has 0 aromatic heterocycles. The third-order valence-corrected chi connectivity index (χ3v) is 3.88. The second kappa shape index (κ2) is 6.81. The maximum Gasteiger partial charge on any atom is 0.407 e. The van der Waals surface area contributed by atoms with Crippen molar-refractivity contribution in [2.24, 2.45) is 0 Å². The molecule has 1 N–H and O–H groups in total. The molecule has 140 valence electrons. The molecule has 1 aromatic carbocycles. The van der Waals surface area contributed by atoms with Crippen LogP contribution in [-0.2, 0) is 10.2 Å². The van der Waals surface area contributed by atoms with Crippen molar-refractivity contribution in [2.75, 3.05) is 0 Å². The van der Waals surface area contributed by atoms with Gasteiger partial charge in [0.25, 0.3) is 0 Å². The average Bonchev–Trinajstić information content (AvgIpc) is 2.30. The van der Waals surface area contributed by atoms with Crippen LogP contribution in [0, 0.1) is 11.6 Å². The number of halogens is 2. The first-order chi connectivity index (χ1) is 11.3. The van der Waals surface area contributed by atoms with Crippen molar-refractivity contribution in [1.29, 1.82) is 0 Å². The molecule has 1 fully saturated rings. The molecular formula is C19H27F2NO3. The van der Waals surface area contributed by atoms with Gasteiger partial charge in [-0.3, -0.25) is 0 Å². The van der Waals surface area contributed by atoms with Crippen LogP contribution in [0.2, 0.25) is 0 Å². The molecule has 1 aromatic rings. The Kier molecular flexibility index (Phi) is 5.30. The molecule has 2 rings (SSSR count). The molecule has 6 heteroatoms. The highest BCUT2D eigenvalue weighted by Crippen LogP contribution is 2.33. The monoisotopic (exact) mass is 355 g/mol. The molecule has 4 nitrogen and oxygen atoms in total. The number of nitrogens with one attached hydrogen (secondary N) is 1. The van der Waals surface area contributed by atoms with Gasteiger partial charge in [0, 0.05) is 36.6 Å². The largest absolute Gasteiger partial charge is 0.490 e. The summed E-state index contributed by atoms with van der Waals surface area (Å²) in [6.45, 7) is 10.7. The summed E-state index contributed by atoms with van der Waals surface area (Å²) in [6.07, 6.45) is 0.495. The summed E-state index contributed by atoms with van der Waals surface area (Å²) in [5.41, 5.74) is -1.11. The van der Waals surface area contributed by atoms with Gasteiger partial charge in [-0.1, -0.05) is 20.8 Å². The Hall–Kier alpha value is -1.85. The third-order valence-electron chi connectivity index (χ3n) is 3.88. The molecule has 0 heterocycles. The SMILES string of the molecule is CC(C)(C)OC(=O)NC1CC(Oc2cc(F)c(C(C)(C)C)c(F)c2)C1. The van der Waals surface area contributed by atoms with Crippen LogP contribution < -0.4 is 10.1 Å². The van der Waals surface area contributed by atoms with Gasteiger partial charge >= 0.3 is 6.09 Å². The second-order valence-electron chi connectivity index (χ2n) is 8.57. The van der Waals surface area contributed by atoms with E-state index in [1.807, 2.05) is 0 Å². The number of benzene rings is 1. The van der Waals surface area contributed by atoms with Crippen molar-refractivity contribution in [3.63, 3.8) is 0 Å². The summed E-state index contributed by atoms with van der Waals surface area (Å²) in [5.74, 6) is -1.04. The summed E-state index contributed by atoms with van der Waals surface area (Å²) in [5, 5.41) is 2.75. The molecule has 0 radical (unpaired) electrons. The van der Waals surface area contributed by atoms with Gasteiger partial charge in [-0.15, -0.1) is 0 Å². The topological polar surface area (TPSA) is 47.6 Å². The van der Waals surface area contributed by atoms with E-state index in [1.54, 1.807) is 41.5 Å². The minimum Gasteiger partial charge on any atom is -0.490 e. The van der Waals surface area contributed by atoms with Gasteiger partial charge in [0.15, 0.2) is 0 Å².